The molecule has 1 unspecified atom stereocenters. The Morgan fingerprint density at radius 3 is 2.80 bits per heavy atom. The highest BCUT2D eigenvalue weighted by Crippen LogP contribution is 2.28. The summed E-state index contributed by atoms with van der Waals surface area (Å²) < 4.78 is 25.0. The molecular weight excluding hydrogens is 331 g/mol. The molecule has 3 rings (SSSR count). The van der Waals surface area contributed by atoms with E-state index < -0.39 is 18.1 Å². The molecule has 0 bridgehead atoms. The van der Waals surface area contributed by atoms with Crippen molar-refractivity contribution in [3.8, 4) is 0 Å². The van der Waals surface area contributed by atoms with E-state index in [1.807, 2.05) is 4.90 Å². The van der Waals surface area contributed by atoms with Gasteiger partial charge >= 0.3 is 6.09 Å². The Morgan fingerprint density at radius 2 is 2.12 bits per heavy atom. The van der Waals surface area contributed by atoms with E-state index in [0.29, 0.717) is 44.2 Å². The van der Waals surface area contributed by atoms with Crippen molar-refractivity contribution in [3.63, 3.8) is 0 Å². The highest BCUT2D eigenvalue weighted by molar-refractivity contribution is 5.90. The number of nitrogens with zero attached hydrogens (tertiary/aromatic N) is 2. The molecule has 0 radical (unpaired) electrons. The average molecular weight is 352 g/mol. The first-order valence-electron chi connectivity index (χ1n) is 8.14. The topological polar surface area (TPSA) is 97.1 Å². The molecular formula is C16H21FN4O4. The fraction of sp³-hybridized carbons (Fsp3) is 0.500. The number of cyclic esters (lactones) is 1. The molecule has 8 nitrogen and oxygen atoms in total. The number of amides is 2. The van der Waals surface area contributed by atoms with Crippen LogP contribution in [0, 0.1) is 5.82 Å². The zero-order valence-corrected chi connectivity index (χ0v) is 13.7. The lowest BCUT2D eigenvalue weighted by Gasteiger charge is -2.29. The molecule has 2 aliphatic rings. The quantitative estimate of drug-likeness (QED) is 0.752. The number of primary amides is 1. The van der Waals surface area contributed by atoms with Gasteiger partial charge in [-0.1, -0.05) is 0 Å². The summed E-state index contributed by atoms with van der Waals surface area (Å²) in [5, 5.41) is 2.81. The second-order valence-corrected chi connectivity index (χ2v) is 5.95. The Hall–Kier alpha value is -2.39. The summed E-state index contributed by atoms with van der Waals surface area (Å²) in [4.78, 5) is 26.0. The van der Waals surface area contributed by atoms with Crippen molar-refractivity contribution in [1.29, 1.82) is 0 Å². The fourth-order valence-electron chi connectivity index (χ4n) is 2.92. The van der Waals surface area contributed by atoms with Crippen molar-refractivity contribution in [2.75, 3.05) is 55.7 Å². The number of carbonyl (C=O) groups excluding carboxylic acids is 2. The third-order valence-corrected chi connectivity index (χ3v) is 4.14. The molecule has 2 saturated heterocycles. The summed E-state index contributed by atoms with van der Waals surface area (Å²) in [6.45, 7) is 3.00. The van der Waals surface area contributed by atoms with E-state index in [1.54, 1.807) is 12.1 Å². The number of nitrogens with one attached hydrogen (secondary N) is 1. The Balaban J connectivity index is 1.64. The van der Waals surface area contributed by atoms with Crippen molar-refractivity contribution in [1.82, 2.24) is 5.32 Å². The smallest absolute Gasteiger partial charge is 0.414 e. The monoisotopic (exact) mass is 352 g/mol. The second-order valence-electron chi connectivity index (χ2n) is 5.95. The number of benzene rings is 1. The van der Waals surface area contributed by atoms with Crippen LogP contribution in [0.1, 0.15) is 0 Å². The minimum absolute atomic E-state index is 0.0108. The number of ether oxygens (including phenoxy) is 2. The Bertz CT molecular complexity index is 651. The van der Waals surface area contributed by atoms with Gasteiger partial charge in [0.25, 0.3) is 0 Å². The standard InChI is InChI=1S/C16H21FN4O4/c17-13-7-11(1-2-14(13)20-3-5-24-6-4-20)21-10-12(25-16(21)23)8-19-9-15(18)22/h1-2,7,12,19H,3-6,8-10H2,(H2,18,22). The van der Waals surface area contributed by atoms with Gasteiger partial charge in [0.15, 0.2) is 0 Å². The molecule has 3 N–H and O–H groups in total. The number of halogens is 1. The maximum absolute atomic E-state index is 14.5. The zero-order chi connectivity index (χ0) is 17.8. The Morgan fingerprint density at radius 1 is 1.36 bits per heavy atom. The summed E-state index contributed by atoms with van der Waals surface area (Å²) in [7, 11) is 0. The average Bonchev–Trinajstić information content (AvgIpc) is 2.96. The second kappa shape index (κ2) is 7.66. The number of hydrogen-bond donors (Lipinski definition) is 2. The van der Waals surface area contributed by atoms with Crippen LogP contribution in [-0.4, -0.2) is 64.0 Å². The van der Waals surface area contributed by atoms with Gasteiger partial charge in [-0.05, 0) is 18.2 Å². The van der Waals surface area contributed by atoms with Gasteiger partial charge < -0.3 is 25.4 Å². The molecule has 0 aliphatic carbocycles. The molecule has 2 aliphatic heterocycles. The first-order valence-corrected chi connectivity index (χ1v) is 8.14. The van der Waals surface area contributed by atoms with Gasteiger partial charge in [0, 0.05) is 19.6 Å². The van der Waals surface area contributed by atoms with Gasteiger partial charge in [-0.15, -0.1) is 0 Å². The van der Waals surface area contributed by atoms with Crippen LogP contribution in [0.3, 0.4) is 0 Å². The van der Waals surface area contributed by atoms with E-state index >= 15 is 0 Å². The molecule has 9 heteroatoms. The number of rotatable bonds is 6. The van der Waals surface area contributed by atoms with Crippen molar-refractivity contribution < 1.29 is 23.5 Å². The van der Waals surface area contributed by atoms with E-state index in [0.717, 1.165) is 0 Å². The van der Waals surface area contributed by atoms with Crippen molar-refractivity contribution in [2.24, 2.45) is 5.73 Å². The van der Waals surface area contributed by atoms with Gasteiger partial charge in [0.1, 0.15) is 11.9 Å². The number of nitrogens with two attached hydrogens (primary N) is 1. The van der Waals surface area contributed by atoms with Crippen molar-refractivity contribution in [2.45, 2.75) is 6.10 Å². The van der Waals surface area contributed by atoms with Crippen LogP contribution >= 0.6 is 0 Å². The largest absolute Gasteiger partial charge is 0.443 e. The fourth-order valence-corrected chi connectivity index (χ4v) is 2.92. The van der Waals surface area contributed by atoms with E-state index in [2.05, 4.69) is 5.32 Å². The predicted molar refractivity (Wildman–Crippen MR) is 89.1 cm³/mol. The molecule has 0 spiro atoms. The van der Waals surface area contributed by atoms with Crippen molar-refractivity contribution >= 4 is 23.4 Å². The molecule has 1 atom stereocenters. The predicted octanol–water partition coefficient (Wildman–Crippen LogP) is 0.0624. The van der Waals surface area contributed by atoms with Gasteiger partial charge in [-0.3, -0.25) is 9.69 Å². The number of morpholine rings is 1. The van der Waals surface area contributed by atoms with Crippen LogP contribution in [0.2, 0.25) is 0 Å². The molecule has 2 heterocycles. The van der Waals surface area contributed by atoms with Crippen LogP contribution in [0.4, 0.5) is 20.6 Å². The first-order chi connectivity index (χ1) is 12.0. The van der Waals surface area contributed by atoms with Gasteiger partial charge in [-0.2, -0.15) is 0 Å². The summed E-state index contributed by atoms with van der Waals surface area (Å²) in [5.41, 5.74) is 5.98. The van der Waals surface area contributed by atoms with Crippen LogP contribution in [0.25, 0.3) is 0 Å². The first kappa shape index (κ1) is 17.4. The summed E-state index contributed by atoms with van der Waals surface area (Å²) in [5.74, 6) is -0.871. The van der Waals surface area contributed by atoms with Crippen molar-refractivity contribution in [3.05, 3.63) is 24.0 Å². The number of anilines is 2. The molecule has 0 saturated carbocycles. The molecule has 2 fully saturated rings. The lowest BCUT2D eigenvalue weighted by molar-refractivity contribution is -0.117. The van der Waals surface area contributed by atoms with Crippen LogP contribution in [-0.2, 0) is 14.3 Å². The maximum atomic E-state index is 14.5. The summed E-state index contributed by atoms with van der Waals surface area (Å²) >= 11 is 0. The van der Waals surface area contributed by atoms with Gasteiger partial charge in [0.2, 0.25) is 5.91 Å². The summed E-state index contributed by atoms with van der Waals surface area (Å²) in [6, 6.07) is 4.71. The van der Waals surface area contributed by atoms with Gasteiger partial charge in [0.05, 0.1) is 37.7 Å². The third-order valence-electron chi connectivity index (χ3n) is 4.14. The number of carbonyl (C=O) groups is 2. The minimum atomic E-state index is -0.538. The van der Waals surface area contributed by atoms with E-state index in [9.17, 15) is 14.0 Å². The van der Waals surface area contributed by atoms with Crippen LogP contribution in [0.15, 0.2) is 18.2 Å². The minimum Gasteiger partial charge on any atom is -0.443 e. The molecule has 136 valence electrons. The Kier molecular flexibility index (Phi) is 5.34. The molecule has 25 heavy (non-hydrogen) atoms. The third kappa shape index (κ3) is 4.18. The highest BCUT2D eigenvalue weighted by Gasteiger charge is 2.32. The SMILES string of the molecule is NC(=O)CNCC1CN(c2ccc(N3CCOCC3)c(F)c2)C(=O)O1. The zero-order valence-electron chi connectivity index (χ0n) is 13.7. The lowest BCUT2D eigenvalue weighted by atomic mass is 10.2. The molecule has 2 amide bonds. The van der Waals surface area contributed by atoms with Gasteiger partial charge in [-0.25, -0.2) is 9.18 Å². The van der Waals surface area contributed by atoms with E-state index in [1.165, 1.54) is 11.0 Å². The molecule has 1 aromatic carbocycles. The van der Waals surface area contributed by atoms with Crippen LogP contribution < -0.4 is 20.9 Å². The number of hydrogen-bond acceptors (Lipinski definition) is 6. The summed E-state index contributed by atoms with van der Waals surface area (Å²) in [6.07, 6.45) is -0.960. The Labute approximate surface area is 144 Å². The van der Waals surface area contributed by atoms with Crippen LogP contribution in [0.5, 0.6) is 0 Å². The lowest BCUT2D eigenvalue weighted by Crippen LogP contribution is -2.37. The highest BCUT2D eigenvalue weighted by atomic mass is 19.1. The van der Waals surface area contributed by atoms with E-state index in [-0.39, 0.29) is 18.9 Å². The molecule has 1 aromatic rings. The molecule has 0 aromatic heterocycles. The normalized spacial score (nSPS) is 20.7. The van der Waals surface area contributed by atoms with E-state index in [4.69, 9.17) is 15.2 Å². The maximum Gasteiger partial charge on any atom is 0.414 e.